The van der Waals surface area contributed by atoms with Gasteiger partial charge >= 0.3 is 0 Å². The molecule has 0 fully saturated rings. The minimum atomic E-state index is 0. The fourth-order valence-corrected chi connectivity index (χ4v) is 1.58. The van der Waals surface area contributed by atoms with Crippen molar-refractivity contribution in [2.75, 3.05) is 20.2 Å². The zero-order chi connectivity index (χ0) is 14.8. The van der Waals surface area contributed by atoms with Crippen molar-refractivity contribution >= 4 is 29.9 Å². The van der Waals surface area contributed by atoms with Crippen LogP contribution in [0.5, 0.6) is 5.75 Å². The molecule has 0 saturated carbocycles. The van der Waals surface area contributed by atoms with Gasteiger partial charge in [-0.05, 0) is 23.6 Å². The van der Waals surface area contributed by atoms with Crippen LogP contribution in [0.1, 0.15) is 19.4 Å². The van der Waals surface area contributed by atoms with Gasteiger partial charge in [0.2, 0.25) is 0 Å². The molecular formula is C16H26IN3O. The number of hydrogen-bond donors (Lipinski definition) is 2. The molecule has 0 aromatic heterocycles. The number of nitrogens with zero attached hydrogens (tertiary/aromatic N) is 1. The molecule has 0 aliphatic carbocycles. The Morgan fingerprint density at radius 1 is 1.38 bits per heavy atom. The molecular weight excluding hydrogens is 377 g/mol. The predicted octanol–water partition coefficient (Wildman–Crippen LogP) is 3.19. The number of benzene rings is 1. The van der Waals surface area contributed by atoms with Crippen LogP contribution in [0, 0.1) is 5.92 Å². The van der Waals surface area contributed by atoms with Crippen molar-refractivity contribution in [3.63, 3.8) is 0 Å². The number of ether oxygens (including phenoxy) is 1. The molecule has 0 radical (unpaired) electrons. The molecule has 0 unspecified atom stereocenters. The Morgan fingerprint density at radius 3 is 2.76 bits per heavy atom. The van der Waals surface area contributed by atoms with Crippen LogP contribution in [-0.4, -0.2) is 26.2 Å². The van der Waals surface area contributed by atoms with E-state index in [0.717, 1.165) is 23.9 Å². The first kappa shape index (κ1) is 19.8. The van der Waals surface area contributed by atoms with Gasteiger partial charge in [0.05, 0.1) is 6.61 Å². The summed E-state index contributed by atoms with van der Waals surface area (Å²) in [4.78, 5) is 4.14. The summed E-state index contributed by atoms with van der Waals surface area (Å²) in [6, 6.07) is 8.11. The van der Waals surface area contributed by atoms with E-state index >= 15 is 0 Å². The third-order valence-corrected chi connectivity index (χ3v) is 2.58. The van der Waals surface area contributed by atoms with Gasteiger partial charge in [-0.3, -0.25) is 4.99 Å². The second-order valence-electron chi connectivity index (χ2n) is 4.95. The molecule has 0 saturated heterocycles. The summed E-state index contributed by atoms with van der Waals surface area (Å²) in [5.41, 5.74) is 1.16. The molecule has 1 aromatic rings. The van der Waals surface area contributed by atoms with Crippen molar-refractivity contribution in [1.82, 2.24) is 10.6 Å². The Hall–Kier alpha value is -1.24. The maximum atomic E-state index is 5.72. The predicted molar refractivity (Wildman–Crippen MR) is 101 cm³/mol. The van der Waals surface area contributed by atoms with E-state index in [-0.39, 0.29) is 24.0 Å². The molecule has 0 spiro atoms. The van der Waals surface area contributed by atoms with E-state index in [9.17, 15) is 0 Å². The molecule has 0 aliphatic rings. The van der Waals surface area contributed by atoms with Gasteiger partial charge in [0, 0.05) is 20.1 Å². The van der Waals surface area contributed by atoms with E-state index in [0.29, 0.717) is 19.0 Å². The van der Waals surface area contributed by atoms with E-state index < -0.39 is 0 Å². The largest absolute Gasteiger partial charge is 0.493 e. The number of hydrogen-bond acceptors (Lipinski definition) is 2. The van der Waals surface area contributed by atoms with Crippen molar-refractivity contribution in [1.29, 1.82) is 0 Å². The van der Waals surface area contributed by atoms with Crippen LogP contribution in [-0.2, 0) is 6.54 Å². The molecule has 118 valence electrons. The third-order valence-electron chi connectivity index (χ3n) is 2.58. The van der Waals surface area contributed by atoms with Crippen molar-refractivity contribution in [3.8, 4) is 5.75 Å². The zero-order valence-electron chi connectivity index (χ0n) is 13.1. The van der Waals surface area contributed by atoms with Gasteiger partial charge in [-0.25, -0.2) is 0 Å². The highest BCUT2D eigenvalue weighted by Gasteiger charge is 2.00. The number of halogens is 1. The third kappa shape index (κ3) is 8.60. The first-order valence-corrected chi connectivity index (χ1v) is 6.93. The molecule has 4 nitrogen and oxygen atoms in total. The van der Waals surface area contributed by atoms with Gasteiger partial charge < -0.3 is 15.4 Å². The second-order valence-corrected chi connectivity index (χ2v) is 4.95. The highest BCUT2D eigenvalue weighted by atomic mass is 127. The summed E-state index contributed by atoms with van der Waals surface area (Å²) in [6.45, 7) is 10.1. The molecule has 0 atom stereocenters. The summed E-state index contributed by atoms with van der Waals surface area (Å²) in [5.74, 6) is 2.20. The number of rotatable bonds is 7. The Labute approximate surface area is 145 Å². The minimum absolute atomic E-state index is 0. The fraction of sp³-hybridized carbons (Fsp3) is 0.438. The molecule has 5 heteroatoms. The summed E-state index contributed by atoms with van der Waals surface area (Å²) in [7, 11) is 1.75. The van der Waals surface area contributed by atoms with E-state index in [2.05, 4.69) is 48.2 Å². The van der Waals surface area contributed by atoms with Crippen molar-refractivity contribution in [2.24, 2.45) is 10.9 Å². The molecule has 0 bridgehead atoms. The van der Waals surface area contributed by atoms with Crippen molar-refractivity contribution in [2.45, 2.75) is 20.4 Å². The average molecular weight is 403 g/mol. The molecule has 0 aliphatic heterocycles. The number of aliphatic imine (C=N–C) groups is 1. The summed E-state index contributed by atoms with van der Waals surface area (Å²) >= 11 is 0. The lowest BCUT2D eigenvalue weighted by Gasteiger charge is -2.12. The summed E-state index contributed by atoms with van der Waals surface area (Å²) < 4.78 is 5.72. The van der Waals surface area contributed by atoms with Gasteiger partial charge in [-0.2, -0.15) is 0 Å². The Balaban J connectivity index is 0.00000400. The lowest BCUT2D eigenvalue weighted by atomic mass is 10.2. The van der Waals surface area contributed by atoms with Crippen LogP contribution in [0.25, 0.3) is 0 Å². The molecule has 21 heavy (non-hydrogen) atoms. The Bertz CT molecular complexity index is 447. The first-order chi connectivity index (χ1) is 9.65. The molecule has 0 amide bonds. The van der Waals surface area contributed by atoms with Gasteiger partial charge in [0.25, 0.3) is 0 Å². The van der Waals surface area contributed by atoms with Crippen LogP contribution >= 0.6 is 24.0 Å². The van der Waals surface area contributed by atoms with Crippen molar-refractivity contribution in [3.05, 3.63) is 42.5 Å². The summed E-state index contributed by atoms with van der Waals surface area (Å²) in [5, 5.41) is 6.38. The van der Waals surface area contributed by atoms with Gasteiger partial charge in [0.15, 0.2) is 5.96 Å². The van der Waals surface area contributed by atoms with Gasteiger partial charge in [0.1, 0.15) is 5.75 Å². The van der Waals surface area contributed by atoms with Gasteiger partial charge in [-0.1, -0.05) is 32.1 Å². The topological polar surface area (TPSA) is 45.7 Å². The van der Waals surface area contributed by atoms with Crippen LogP contribution in [0.3, 0.4) is 0 Å². The standard InChI is InChI=1S/C16H25N3O.HI/c1-5-9-18-16(17-4)19-11-14-7-6-8-15(10-14)20-12-13(2)3;/h5-8,10,13H,1,9,11-12H2,2-4H3,(H2,17,18,19);1H. The molecule has 2 N–H and O–H groups in total. The van der Waals surface area contributed by atoms with Crippen LogP contribution in [0.2, 0.25) is 0 Å². The molecule has 0 heterocycles. The van der Waals surface area contributed by atoms with Gasteiger partial charge in [-0.15, -0.1) is 30.6 Å². The normalized spacial score (nSPS) is 10.8. The Kier molecular flexibility index (Phi) is 10.7. The monoisotopic (exact) mass is 403 g/mol. The fourth-order valence-electron chi connectivity index (χ4n) is 1.58. The van der Waals surface area contributed by atoms with E-state index in [4.69, 9.17) is 4.74 Å². The molecule has 1 rings (SSSR count). The zero-order valence-corrected chi connectivity index (χ0v) is 15.4. The lowest BCUT2D eigenvalue weighted by molar-refractivity contribution is 0.271. The minimum Gasteiger partial charge on any atom is -0.493 e. The maximum Gasteiger partial charge on any atom is 0.191 e. The number of nitrogens with one attached hydrogen (secondary N) is 2. The highest BCUT2D eigenvalue weighted by molar-refractivity contribution is 14.0. The number of guanidine groups is 1. The van der Waals surface area contributed by atoms with E-state index in [1.165, 1.54) is 0 Å². The first-order valence-electron chi connectivity index (χ1n) is 6.93. The van der Waals surface area contributed by atoms with E-state index in [1.54, 1.807) is 13.1 Å². The highest BCUT2D eigenvalue weighted by Crippen LogP contribution is 2.14. The van der Waals surface area contributed by atoms with Crippen LogP contribution in [0.4, 0.5) is 0 Å². The summed E-state index contributed by atoms with van der Waals surface area (Å²) in [6.07, 6.45) is 1.80. The van der Waals surface area contributed by atoms with Crippen LogP contribution in [0.15, 0.2) is 41.9 Å². The molecule has 1 aromatic carbocycles. The second kappa shape index (κ2) is 11.4. The van der Waals surface area contributed by atoms with E-state index in [1.807, 2.05) is 12.1 Å². The maximum absolute atomic E-state index is 5.72. The SMILES string of the molecule is C=CCNC(=NC)NCc1cccc(OCC(C)C)c1.I. The van der Waals surface area contributed by atoms with Crippen LogP contribution < -0.4 is 15.4 Å². The smallest absolute Gasteiger partial charge is 0.191 e. The average Bonchev–Trinajstić information content (AvgIpc) is 2.46. The quantitative estimate of drug-likeness (QED) is 0.318. The van der Waals surface area contributed by atoms with Crippen molar-refractivity contribution < 1.29 is 4.74 Å². The Morgan fingerprint density at radius 2 is 2.14 bits per heavy atom. The lowest BCUT2D eigenvalue weighted by Crippen LogP contribution is -2.36.